The maximum atomic E-state index is 12.5. The number of thioether (sulfide) groups is 1. The summed E-state index contributed by atoms with van der Waals surface area (Å²) in [6.07, 6.45) is 5.81. The molecule has 0 spiro atoms. The third-order valence-corrected chi connectivity index (χ3v) is 4.55. The van der Waals surface area contributed by atoms with Gasteiger partial charge in [-0.2, -0.15) is 11.8 Å². The SMILES string of the molecule is C/C=C/CC(NC(=O)C(CCSC)NC(=O)c1ccccc1Cl)C(=O)O. The highest BCUT2D eigenvalue weighted by atomic mass is 35.5. The van der Waals surface area contributed by atoms with Gasteiger partial charge in [0.15, 0.2) is 0 Å². The molecule has 0 aliphatic carbocycles. The Labute approximate surface area is 162 Å². The highest BCUT2D eigenvalue weighted by molar-refractivity contribution is 7.98. The van der Waals surface area contributed by atoms with Crippen LogP contribution < -0.4 is 10.6 Å². The van der Waals surface area contributed by atoms with Crippen LogP contribution in [0.15, 0.2) is 36.4 Å². The minimum atomic E-state index is -1.13. The number of aliphatic carboxylic acids is 1. The molecule has 0 aromatic heterocycles. The minimum absolute atomic E-state index is 0.172. The Bertz CT molecular complexity index is 666. The number of carbonyl (C=O) groups excluding carboxylic acids is 2. The van der Waals surface area contributed by atoms with Gasteiger partial charge in [0.05, 0.1) is 10.6 Å². The van der Waals surface area contributed by atoms with Crippen molar-refractivity contribution in [2.45, 2.75) is 31.8 Å². The molecule has 0 aliphatic rings. The molecule has 8 heteroatoms. The molecule has 0 saturated heterocycles. The summed E-state index contributed by atoms with van der Waals surface area (Å²) >= 11 is 7.55. The number of halogens is 1. The van der Waals surface area contributed by atoms with Crippen molar-refractivity contribution in [1.29, 1.82) is 0 Å². The van der Waals surface area contributed by atoms with Gasteiger partial charge in [-0.1, -0.05) is 35.9 Å². The number of carboxylic acid groups (broad SMARTS) is 1. The lowest BCUT2D eigenvalue weighted by atomic mass is 10.1. The zero-order valence-electron chi connectivity index (χ0n) is 14.7. The lowest BCUT2D eigenvalue weighted by Crippen LogP contribution is -2.51. The summed E-state index contributed by atoms with van der Waals surface area (Å²) in [6.45, 7) is 1.77. The molecule has 0 fully saturated rings. The van der Waals surface area contributed by atoms with Crippen molar-refractivity contribution in [2.24, 2.45) is 0 Å². The predicted octanol–water partition coefficient (Wildman–Crippen LogP) is 2.73. The van der Waals surface area contributed by atoms with E-state index >= 15 is 0 Å². The number of benzene rings is 1. The summed E-state index contributed by atoms with van der Waals surface area (Å²) in [4.78, 5) is 36.3. The maximum Gasteiger partial charge on any atom is 0.326 e. The van der Waals surface area contributed by atoms with Gasteiger partial charge in [0.25, 0.3) is 5.91 Å². The summed E-state index contributed by atoms with van der Waals surface area (Å²) in [5.74, 6) is -1.50. The summed E-state index contributed by atoms with van der Waals surface area (Å²) in [6, 6.07) is 4.63. The summed E-state index contributed by atoms with van der Waals surface area (Å²) < 4.78 is 0. The molecular formula is C18H23ClN2O4S. The molecule has 1 aromatic rings. The minimum Gasteiger partial charge on any atom is -0.480 e. The molecule has 2 unspecified atom stereocenters. The number of allylic oxidation sites excluding steroid dienone is 1. The van der Waals surface area contributed by atoms with Gasteiger partial charge in [-0.05, 0) is 43.9 Å². The van der Waals surface area contributed by atoms with E-state index in [2.05, 4.69) is 10.6 Å². The highest BCUT2D eigenvalue weighted by Crippen LogP contribution is 2.15. The number of rotatable bonds is 10. The Morgan fingerprint density at radius 2 is 1.92 bits per heavy atom. The van der Waals surface area contributed by atoms with E-state index < -0.39 is 29.9 Å². The normalized spacial score (nSPS) is 13.2. The molecule has 6 nitrogen and oxygen atoms in total. The van der Waals surface area contributed by atoms with Crippen molar-refractivity contribution < 1.29 is 19.5 Å². The predicted molar refractivity (Wildman–Crippen MR) is 105 cm³/mol. The van der Waals surface area contributed by atoms with E-state index in [1.807, 2.05) is 6.26 Å². The monoisotopic (exact) mass is 398 g/mol. The second-order valence-electron chi connectivity index (χ2n) is 5.49. The molecule has 0 aliphatic heterocycles. The largest absolute Gasteiger partial charge is 0.480 e. The molecule has 1 rings (SSSR count). The summed E-state index contributed by atoms with van der Waals surface area (Å²) in [7, 11) is 0. The standard InChI is InChI=1S/C18H23ClN2O4S/c1-3-4-9-15(18(24)25)21-17(23)14(10-11-26-2)20-16(22)12-7-5-6-8-13(12)19/h3-8,14-15H,9-11H2,1-2H3,(H,20,22)(H,21,23)(H,24,25)/b4-3+. The first-order chi connectivity index (χ1) is 12.4. The average molecular weight is 399 g/mol. The van der Waals surface area contributed by atoms with Gasteiger partial charge in [0.1, 0.15) is 12.1 Å². The van der Waals surface area contributed by atoms with E-state index in [1.54, 1.807) is 43.3 Å². The number of carbonyl (C=O) groups is 3. The van der Waals surface area contributed by atoms with E-state index in [4.69, 9.17) is 11.6 Å². The Balaban J connectivity index is 2.87. The molecule has 3 N–H and O–H groups in total. The Hall–Kier alpha value is -1.99. The van der Waals surface area contributed by atoms with Gasteiger partial charge >= 0.3 is 5.97 Å². The van der Waals surface area contributed by atoms with Crippen LogP contribution >= 0.6 is 23.4 Å². The second kappa shape index (κ2) is 11.6. The van der Waals surface area contributed by atoms with Crippen molar-refractivity contribution in [3.05, 3.63) is 47.0 Å². The van der Waals surface area contributed by atoms with Crippen LogP contribution in [-0.2, 0) is 9.59 Å². The maximum absolute atomic E-state index is 12.5. The molecule has 1 aromatic carbocycles. The molecule has 2 amide bonds. The quantitative estimate of drug-likeness (QED) is 0.527. The third kappa shape index (κ3) is 7.09. The van der Waals surface area contributed by atoms with Crippen molar-refractivity contribution in [1.82, 2.24) is 10.6 Å². The van der Waals surface area contributed by atoms with Crippen LogP contribution in [0, 0.1) is 0 Å². The van der Waals surface area contributed by atoms with E-state index in [1.165, 1.54) is 11.8 Å². The zero-order valence-corrected chi connectivity index (χ0v) is 16.3. The number of amides is 2. The number of carboxylic acids is 1. The Morgan fingerprint density at radius 3 is 2.50 bits per heavy atom. The second-order valence-corrected chi connectivity index (χ2v) is 6.88. The van der Waals surface area contributed by atoms with Gasteiger partial charge in [-0.3, -0.25) is 9.59 Å². The van der Waals surface area contributed by atoms with Crippen LogP contribution in [0.2, 0.25) is 5.02 Å². The van der Waals surface area contributed by atoms with Gasteiger partial charge in [0, 0.05) is 0 Å². The van der Waals surface area contributed by atoms with Crippen LogP contribution in [0.4, 0.5) is 0 Å². The molecule has 2 atom stereocenters. The topological polar surface area (TPSA) is 95.5 Å². The summed E-state index contributed by atoms with van der Waals surface area (Å²) in [5.41, 5.74) is 0.264. The Morgan fingerprint density at radius 1 is 1.23 bits per heavy atom. The van der Waals surface area contributed by atoms with Gasteiger partial charge in [-0.25, -0.2) is 4.79 Å². The first kappa shape index (κ1) is 22.1. The van der Waals surface area contributed by atoms with E-state index in [0.717, 1.165) is 0 Å². The molecule has 26 heavy (non-hydrogen) atoms. The lowest BCUT2D eigenvalue weighted by molar-refractivity contribution is -0.142. The number of nitrogens with one attached hydrogen (secondary N) is 2. The molecule has 0 saturated carbocycles. The lowest BCUT2D eigenvalue weighted by Gasteiger charge is -2.21. The third-order valence-electron chi connectivity index (χ3n) is 3.57. The Kier molecular flexibility index (Phi) is 9.83. The fraction of sp³-hybridized carbons (Fsp3) is 0.389. The van der Waals surface area contributed by atoms with Crippen molar-refractivity contribution >= 4 is 41.1 Å². The van der Waals surface area contributed by atoms with Crippen LogP contribution in [-0.4, -0.2) is 47.0 Å². The zero-order chi connectivity index (χ0) is 19.5. The van der Waals surface area contributed by atoms with Crippen LogP contribution in [0.3, 0.4) is 0 Å². The fourth-order valence-corrected chi connectivity index (χ4v) is 2.84. The average Bonchev–Trinajstić information content (AvgIpc) is 2.61. The van der Waals surface area contributed by atoms with Crippen LogP contribution in [0.5, 0.6) is 0 Å². The first-order valence-corrected chi connectivity index (χ1v) is 9.86. The van der Waals surface area contributed by atoms with Gasteiger partial charge in [0.2, 0.25) is 5.91 Å². The molecule has 0 bridgehead atoms. The number of hydrogen-bond donors (Lipinski definition) is 3. The van der Waals surface area contributed by atoms with Gasteiger partial charge < -0.3 is 15.7 Å². The van der Waals surface area contributed by atoms with Crippen LogP contribution in [0.25, 0.3) is 0 Å². The van der Waals surface area contributed by atoms with Crippen molar-refractivity contribution in [3.8, 4) is 0 Å². The molecule has 0 radical (unpaired) electrons. The van der Waals surface area contributed by atoms with E-state index in [9.17, 15) is 19.5 Å². The van der Waals surface area contributed by atoms with Gasteiger partial charge in [-0.15, -0.1) is 0 Å². The molecule has 142 valence electrons. The van der Waals surface area contributed by atoms with Crippen molar-refractivity contribution in [2.75, 3.05) is 12.0 Å². The summed E-state index contributed by atoms with van der Waals surface area (Å²) in [5, 5.41) is 14.7. The van der Waals surface area contributed by atoms with E-state index in [-0.39, 0.29) is 17.0 Å². The van der Waals surface area contributed by atoms with Crippen molar-refractivity contribution in [3.63, 3.8) is 0 Å². The molecular weight excluding hydrogens is 376 g/mol. The van der Waals surface area contributed by atoms with E-state index in [0.29, 0.717) is 12.2 Å². The highest BCUT2D eigenvalue weighted by Gasteiger charge is 2.26. The smallest absolute Gasteiger partial charge is 0.326 e. The fourth-order valence-electron chi connectivity index (χ4n) is 2.15. The van der Waals surface area contributed by atoms with Crippen LogP contribution in [0.1, 0.15) is 30.1 Å². The molecule has 0 heterocycles. The first-order valence-electron chi connectivity index (χ1n) is 8.09. The number of hydrogen-bond acceptors (Lipinski definition) is 4.